The Balaban J connectivity index is 1.43. The maximum atomic E-state index is 11.0. The molecule has 8 nitrogen and oxygen atoms in total. The van der Waals surface area contributed by atoms with E-state index in [1.165, 1.54) is 17.8 Å². The number of aromatic nitrogens is 2. The predicted octanol–water partition coefficient (Wildman–Crippen LogP) is 3.56. The highest BCUT2D eigenvalue weighted by Gasteiger charge is 2.19. The Morgan fingerprint density at radius 2 is 1.82 bits per heavy atom. The number of benzene rings is 2. The molecule has 2 heterocycles. The maximum Gasteiger partial charge on any atom is 0.288 e. The Morgan fingerprint density at radius 3 is 2.54 bits per heavy atom. The van der Waals surface area contributed by atoms with E-state index in [0.29, 0.717) is 12.2 Å². The highest BCUT2D eigenvalue weighted by molar-refractivity contribution is 7.71. The molecule has 144 valence electrons. The standard InChI is InChI=1S/C19H19N5O3S/c25-24(26)17-8-4-5-15(13-17)18-20-23(19(28)27-18)14-21-9-11-22(12-10-21)16-6-2-1-3-7-16/h1-8,13H,9-12,14H2. The minimum atomic E-state index is -0.443. The number of piperazine rings is 1. The SMILES string of the molecule is O=[N+]([O-])c1cccc(-c2nn(CN3CCN(c4ccccc4)CC3)c(=S)o2)c1. The third-order valence-electron chi connectivity index (χ3n) is 4.74. The first-order valence-corrected chi connectivity index (χ1v) is 9.36. The summed E-state index contributed by atoms with van der Waals surface area (Å²) in [6, 6.07) is 16.5. The van der Waals surface area contributed by atoms with Gasteiger partial charge in [0.2, 0.25) is 5.89 Å². The topological polar surface area (TPSA) is 80.6 Å². The molecule has 0 spiro atoms. The average molecular weight is 397 g/mol. The lowest BCUT2D eigenvalue weighted by atomic mass is 10.2. The Bertz CT molecular complexity index is 1030. The van der Waals surface area contributed by atoms with Gasteiger partial charge in [0.15, 0.2) is 0 Å². The monoisotopic (exact) mass is 397 g/mol. The summed E-state index contributed by atoms with van der Waals surface area (Å²) in [5.41, 5.74) is 1.76. The van der Waals surface area contributed by atoms with Crippen molar-refractivity contribution in [3.8, 4) is 11.5 Å². The molecule has 0 atom stereocenters. The molecule has 0 aliphatic carbocycles. The van der Waals surface area contributed by atoms with Gasteiger partial charge in [0.05, 0.1) is 11.6 Å². The number of non-ortho nitro benzene ring substituents is 1. The van der Waals surface area contributed by atoms with E-state index >= 15 is 0 Å². The summed E-state index contributed by atoms with van der Waals surface area (Å²) in [5.74, 6) is 0.289. The molecule has 0 amide bonds. The fraction of sp³-hybridized carbons (Fsp3) is 0.263. The van der Waals surface area contributed by atoms with Crippen LogP contribution in [0.25, 0.3) is 11.5 Å². The van der Waals surface area contributed by atoms with Crippen LogP contribution in [-0.4, -0.2) is 45.8 Å². The van der Waals surface area contributed by atoms with Crippen molar-refractivity contribution in [2.75, 3.05) is 31.1 Å². The number of nitro groups is 1. The number of nitrogens with zero attached hydrogens (tertiary/aromatic N) is 5. The number of nitro benzene ring substituents is 1. The van der Waals surface area contributed by atoms with Crippen LogP contribution in [0, 0.1) is 15.0 Å². The molecule has 0 bridgehead atoms. The van der Waals surface area contributed by atoms with Crippen LogP contribution in [-0.2, 0) is 6.67 Å². The van der Waals surface area contributed by atoms with E-state index in [1.54, 1.807) is 16.8 Å². The van der Waals surface area contributed by atoms with Crippen LogP contribution in [0.4, 0.5) is 11.4 Å². The van der Waals surface area contributed by atoms with E-state index in [2.05, 4.69) is 27.0 Å². The lowest BCUT2D eigenvalue weighted by Crippen LogP contribution is -2.46. The molecule has 1 saturated heterocycles. The van der Waals surface area contributed by atoms with E-state index in [4.69, 9.17) is 16.6 Å². The third-order valence-corrected chi connectivity index (χ3v) is 5.03. The van der Waals surface area contributed by atoms with Gasteiger partial charge in [-0.3, -0.25) is 15.0 Å². The molecule has 0 unspecified atom stereocenters. The summed E-state index contributed by atoms with van der Waals surface area (Å²) in [7, 11) is 0. The van der Waals surface area contributed by atoms with E-state index in [0.717, 1.165) is 26.2 Å². The molecule has 0 radical (unpaired) electrons. The summed E-state index contributed by atoms with van der Waals surface area (Å²) in [6.07, 6.45) is 0. The van der Waals surface area contributed by atoms with Crippen molar-refractivity contribution >= 4 is 23.6 Å². The number of para-hydroxylation sites is 1. The van der Waals surface area contributed by atoms with Crippen LogP contribution in [0.2, 0.25) is 0 Å². The van der Waals surface area contributed by atoms with Crippen LogP contribution >= 0.6 is 12.2 Å². The Morgan fingerprint density at radius 1 is 1.07 bits per heavy atom. The van der Waals surface area contributed by atoms with Gasteiger partial charge in [-0.2, -0.15) is 0 Å². The van der Waals surface area contributed by atoms with Gasteiger partial charge in [-0.25, -0.2) is 4.68 Å². The Labute approximate surface area is 166 Å². The van der Waals surface area contributed by atoms with Gasteiger partial charge in [0.1, 0.15) is 0 Å². The first-order valence-electron chi connectivity index (χ1n) is 8.95. The predicted molar refractivity (Wildman–Crippen MR) is 108 cm³/mol. The van der Waals surface area contributed by atoms with Crippen molar-refractivity contribution in [2.45, 2.75) is 6.67 Å². The van der Waals surface area contributed by atoms with Crippen molar-refractivity contribution in [1.29, 1.82) is 0 Å². The van der Waals surface area contributed by atoms with Crippen LogP contribution < -0.4 is 4.90 Å². The van der Waals surface area contributed by atoms with Crippen LogP contribution in [0.15, 0.2) is 59.0 Å². The van der Waals surface area contributed by atoms with Crippen LogP contribution in [0.3, 0.4) is 0 Å². The minimum Gasteiger partial charge on any atom is -0.409 e. The number of hydrogen-bond acceptors (Lipinski definition) is 7. The van der Waals surface area contributed by atoms with E-state index in [1.807, 2.05) is 18.2 Å². The molecule has 0 N–H and O–H groups in total. The van der Waals surface area contributed by atoms with E-state index in [-0.39, 0.29) is 16.4 Å². The highest BCUT2D eigenvalue weighted by atomic mass is 32.1. The summed E-state index contributed by atoms with van der Waals surface area (Å²) >= 11 is 5.29. The van der Waals surface area contributed by atoms with Crippen molar-refractivity contribution < 1.29 is 9.34 Å². The van der Waals surface area contributed by atoms with E-state index < -0.39 is 4.92 Å². The Hall–Kier alpha value is -3.04. The van der Waals surface area contributed by atoms with Gasteiger partial charge in [-0.1, -0.05) is 24.3 Å². The van der Waals surface area contributed by atoms with Gasteiger partial charge in [0.25, 0.3) is 10.5 Å². The quantitative estimate of drug-likeness (QED) is 0.370. The number of rotatable bonds is 5. The number of hydrogen-bond donors (Lipinski definition) is 0. The van der Waals surface area contributed by atoms with Crippen molar-refractivity contribution in [3.63, 3.8) is 0 Å². The summed E-state index contributed by atoms with van der Waals surface area (Å²) in [5, 5.41) is 15.4. The lowest BCUT2D eigenvalue weighted by molar-refractivity contribution is -0.384. The molecule has 28 heavy (non-hydrogen) atoms. The lowest BCUT2D eigenvalue weighted by Gasteiger charge is -2.35. The zero-order chi connectivity index (χ0) is 19.5. The first kappa shape index (κ1) is 18.3. The molecule has 9 heteroatoms. The molecule has 1 aliphatic heterocycles. The largest absolute Gasteiger partial charge is 0.409 e. The van der Waals surface area contributed by atoms with Crippen LogP contribution in [0.5, 0.6) is 0 Å². The summed E-state index contributed by atoms with van der Waals surface area (Å²) in [6.45, 7) is 4.14. The minimum absolute atomic E-state index is 0.00907. The van der Waals surface area contributed by atoms with E-state index in [9.17, 15) is 10.1 Å². The van der Waals surface area contributed by atoms with Gasteiger partial charge in [-0.15, -0.1) is 5.10 Å². The molecule has 3 aromatic rings. The zero-order valence-corrected chi connectivity index (χ0v) is 15.9. The molecule has 1 aromatic heterocycles. The zero-order valence-electron chi connectivity index (χ0n) is 15.1. The van der Waals surface area contributed by atoms with Crippen molar-refractivity contribution in [3.05, 3.63) is 69.5 Å². The summed E-state index contributed by atoms with van der Waals surface area (Å²) in [4.78, 5) is 15.4. The second-order valence-corrected chi connectivity index (χ2v) is 6.91. The molecule has 2 aromatic carbocycles. The maximum absolute atomic E-state index is 11.0. The first-order chi connectivity index (χ1) is 13.6. The van der Waals surface area contributed by atoms with Gasteiger partial charge >= 0.3 is 0 Å². The molecular formula is C19H19N5O3S. The fourth-order valence-electron chi connectivity index (χ4n) is 3.24. The fourth-order valence-corrected chi connectivity index (χ4v) is 3.42. The van der Waals surface area contributed by atoms with Gasteiger partial charge < -0.3 is 9.32 Å². The Kier molecular flexibility index (Phi) is 5.18. The van der Waals surface area contributed by atoms with Crippen molar-refractivity contribution in [2.24, 2.45) is 0 Å². The molecule has 1 aliphatic rings. The van der Waals surface area contributed by atoms with Crippen LogP contribution in [0.1, 0.15) is 0 Å². The molecular weight excluding hydrogens is 378 g/mol. The third kappa shape index (κ3) is 3.95. The molecule has 0 saturated carbocycles. The number of anilines is 1. The second kappa shape index (κ2) is 7.91. The highest BCUT2D eigenvalue weighted by Crippen LogP contribution is 2.23. The summed E-state index contributed by atoms with van der Waals surface area (Å²) < 4.78 is 7.20. The average Bonchev–Trinajstić information content (AvgIpc) is 3.10. The smallest absolute Gasteiger partial charge is 0.288 e. The van der Waals surface area contributed by atoms with Gasteiger partial charge in [-0.05, 0) is 30.4 Å². The molecule has 1 fully saturated rings. The van der Waals surface area contributed by atoms with Crippen molar-refractivity contribution in [1.82, 2.24) is 14.7 Å². The van der Waals surface area contributed by atoms with Gasteiger partial charge in [0, 0.05) is 49.6 Å². The second-order valence-electron chi connectivity index (χ2n) is 6.56. The normalized spacial score (nSPS) is 14.9. The molecule has 4 rings (SSSR count).